The van der Waals surface area contributed by atoms with Crippen LogP contribution in [0.25, 0.3) is 0 Å². The van der Waals surface area contributed by atoms with Gasteiger partial charge in [-0.05, 0) is 36.8 Å². The molecule has 1 unspecified atom stereocenters. The van der Waals surface area contributed by atoms with Crippen LogP contribution in [0.4, 0.5) is 5.69 Å². The van der Waals surface area contributed by atoms with Crippen LogP contribution in [0.15, 0.2) is 24.3 Å². The highest BCUT2D eigenvalue weighted by atomic mass is 16.1. The van der Waals surface area contributed by atoms with Crippen molar-refractivity contribution in [1.29, 1.82) is 0 Å². The Morgan fingerprint density at radius 3 is 2.68 bits per heavy atom. The van der Waals surface area contributed by atoms with Crippen LogP contribution in [0.3, 0.4) is 0 Å². The predicted octanol–water partition coefficient (Wildman–Crippen LogP) is 3.83. The van der Waals surface area contributed by atoms with E-state index >= 15 is 0 Å². The van der Waals surface area contributed by atoms with E-state index in [1.165, 1.54) is 11.3 Å². The molecule has 0 amide bonds. The number of hydrogen-bond acceptors (Lipinski definition) is 2. The van der Waals surface area contributed by atoms with Gasteiger partial charge in [-0.1, -0.05) is 32.0 Å². The molecular formula is C17H25NO. The Hall–Kier alpha value is -1.31. The molecule has 19 heavy (non-hydrogen) atoms. The Morgan fingerprint density at radius 1 is 1.32 bits per heavy atom. The molecule has 0 N–H and O–H groups in total. The second-order valence-corrected chi connectivity index (χ2v) is 6.70. The number of benzene rings is 1. The Morgan fingerprint density at radius 2 is 2.00 bits per heavy atom. The van der Waals surface area contributed by atoms with Gasteiger partial charge in [0.15, 0.2) is 0 Å². The van der Waals surface area contributed by atoms with Crippen LogP contribution in [0.1, 0.15) is 38.7 Å². The summed E-state index contributed by atoms with van der Waals surface area (Å²) in [6.45, 7) is 7.52. The van der Waals surface area contributed by atoms with Crippen LogP contribution >= 0.6 is 0 Å². The summed E-state index contributed by atoms with van der Waals surface area (Å²) in [5.41, 5.74) is 2.82. The molecule has 0 radical (unpaired) electrons. The van der Waals surface area contributed by atoms with E-state index < -0.39 is 0 Å². The molecule has 1 atom stereocenters. The number of carbonyl (C=O) groups excluding carboxylic acids is 1. The molecule has 1 aromatic rings. The lowest BCUT2D eigenvalue weighted by Crippen LogP contribution is -2.37. The summed E-state index contributed by atoms with van der Waals surface area (Å²) in [6, 6.07) is 8.37. The van der Waals surface area contributed by atoms with Crippen LogP contribution in [0.2, 0.25) is 0 Å². The Kier molecular flexibility index (Phi) is 3.98. The lowest BCUT2D eigenvalue weighted by atomic mass is 9.71. The number of Topliss-reactive ketones (excluding diaryl/α,β-unsaturated/α-hetero) is 1. The fourth-order valence-electron chi connectivity index (χ4n) is 3.14. The summed E-state index contributed by atoms with van der Waals surface area (Å²) in [5.74, 6) is 0.633. The molecule has 0 aromatic heterocycles. The topological polar surface area (TPSA) is 20.3 Å². The SMILES string of the molecule is Cc1ccccc1N(C)CC1CC(C)(C)CCC1=O. The number of para-hydroxylation sites is 1. The maximum atomic E-state index is 12.1. The van der Waals surface area contributed by atoms with E-state index in [0.29, 0.717) is 11.2 Å². The molecule has 1 saturated carbocycles. The largest absolute Gasteiger partial charge is 0.374 e. The first-order valence-electron chi connectivity index (χ1n) is 7.18. The zero-order chi connectivity index (χ0) is 14.0. The summed E-state index contributed by atoms with van der Waals surface area (Å²) in [5, 5.41) is 0. The van der Waals surface area contributed by atoms with Crippen molar-refractivity contribution in [1.82, 2.24) is 0 Å². The molecule has 0 spiro atoms. The van der Waals surface area contributed by atoms with Gasteiger partial charge in [-0.3, -0.25) is 4.79 Å². The van der Waals surface area contributed by atoms with Gasteiger partial charge in [0.1, 0.15) is 5.78 Å². The third-order valence-corrected chi connectivity index (χ3v) is 4.32. The Labute approximate surface area is 116 Å². The van der Waals surface area contributed by atoms with Gasteiger partial charge >= 0.3 is 0 Å². The van der Waals surface area contributed by atoms with E-state index in [1.54, 1.807) is 0 Å². The number of aryl methyl sites for hydroxylation is 1. The molecule has 104 valence electrons. The molecule has 0 aliphatic heterocycles. The molecule has 1 aliphatic rings. The van der Waals surface area contributed by atoms with Crippen molar-refractivity contribution < 1.29 is 4.79 Å². The van der Waals surface area contributed by atoms with Crippen LogP contribution in [-0.2, 0) is 4.79 Å². The highest BCUT2D eigenvalue weighted by Gasteiger charge is 2.34. The highest BCUT2D eigenvalue weighted by molar-refractivity contribution is 5.82. The molecule has 1 aromatic carbocycles. The number of ketones is 1. The van der Waals surface area contributed by atoms with E-state index in [-0.39, 0.29) is 5.92 Å². The monoisotopic (exact) mass is 259 g/mol. The number of nitrogens with zero attached hydrogens (tertiary/aromatic N) is 1. The zero-order valence-corrected chi connectivity index (χ0v) is 12.6. The molecule has 1 fully saturated rings. The van der Waals surface area contributed by atoms with Gasteiger partial charge in [0.05, 0.1) is 0 Å². The lowest BCUT2D eigenvalue weighted by molar-refractivity contribution is -0.126. The summed E-state index contributed by atoms with van der Waals surface area (Å²) < 4.78 is 0. The molecule has 1 aliphatic carbocycles. The van der Waals surface area contributed by atoms with E-state index in [9.17, 15) is 4.79 Å². The van der Waals surface area contributed by atoms with Crippen molar-refractivity contribution in [3.8, 4) is 0 Å². The standard InChI is InChI=1S/C17H25NO/c1-13-7-5-6-8-15(13)18(4)12-14-11-17(2,3)10-9-16(14)19/h5-8,14H,9-12H2,1-4H3. The smallest absolute Gasteiger partial charge is 0.137 e. The van der Waals surface area contributed by atoms with Crippen LogP contribution in [0, 0.1) is 18.3 Å². The normalized spacial score (nSPS) is 22.3. The van der Waals surface area contributed by atoms with E-state index in [0.717, 1.165) is 25.8 Å². The molecule has 0 bridgehead atoms. The fourth-order valence-corrected chi connectivity index (χ4v) is 3.14. The average molecular weight is 259 g/mol. The van der Waals surface area contributed by atoms with E-state index in [1.807, 2.05) is 0 Å². The van der Waals surface area contributed by atoms with Gasteiger partial charge in [0, 0.05) is 31.6 Å². The second kappa shape index (κ2) is 5.36. The van der Waals surface area contributed by atoms with Crippen molar-refractivity contribution in [3.63, 3.8) is 0 Å². The van der Waals surface area contributed by atoms with Crippen molar-refractivity contribution in [3.05, 3.63) is 29.8 Å². The van der Waals surface area contributed by atoms with Crippen LogP contribution < -0.4 is 4.90 Å². The van der Waals surface area contributed by atoms with E-state index in [2.05, 4.69) is 57.0 Å². The average Bonchev–Trinajstić information content (AvgIpc) is 2.34. The van der Waals surface area contributed by atoms with Gasteiger partial charge in [0.2, 0.25) is 0 Å². The third kappa shape index (κ3) is 3.37. The minimum atomic E-state index is 0.188. The van der Waals surface area contributed by atoms with Gasteiger partial charge in [-0.2, -0.15) is 0 Å². The Balaban J connectivity index is 2.08. The van der Waals surface area contributed by atoms with Crippen LogP contribution in [-0.4, -0.2) is 19.4 Å². The van der Waals surface area contributed by atoms with E-state index in [4.69, 9.17) is 0 Å². The summed E-state index contributed by atoms with van der Waals surface area (Å²) in [4.78, 5) is 14.3. The molecule has 2 nitrogen and oxygen atoms in total. The second-order valence-electron chi connectivity index (χ2n) is 6.70. The molecule has 0 saturated heterocycles. The molecule has 0 heterocycles. The van der Waals surface area contributed by atoms with Gasteiger partial charge in [0.25, 0.3) is 0 Å². The first-order valence-corrected chi connectivity index (χ1v) is 7.18. The van der Waals surface area contributed by atoms with Gasteiger partial charge in [-0.15, -0.1) is 0 Å². The molecule has 2 rings (SSSR count). The van der Waals surface area contributed by atoms with Crippen molar-refractivity contribution in [2.45, 2.75) is 40.0 Å². The number of rotatable bonds is 3. The minimum absolute atomic E-state index is 0.188. The fraction of sp³-hybridized carbons (Fsp3) is 0.588. The number of hydrogen-bond donors (Lipinski definition) is 0. The number of carbonyl (C=O) groups is 1. The molecular weight excluding hydrogens is 234 g/mol. The van der Waals surface area contributed by atoms with Crippen molar-refractivity contribution >= 4 is 11.5 Å². The maximum Gasteiger partial charge on any atom is 0.137 e. The first-order chi connectivity index (χ1) is 8.89. The first kappa shape index (κ1) is 14.1. The third-order valence-electron chi connectivity index (χ3n) is 4.32. The van der Waals surface area contributed by atoms with Crippen molar-refractivity contribution in [2.75, 3.05) is 18.5 Å². The minimum Gasteiger partial charge on any atom is -0.374 e. The lowest BCUT2D eigenvalue weighted by Gasteiger charge is -2.36. The van der Waals surface area contributed by atoms with Crippen LogP contribution in [0.5, 0.6) is 0 Å². The van der Waals surface area contributed by atoms with Crippen molar-refractivity contribution in [2.24, 2.45) is 11.3 Å². The summed E-state index contributed by atoms with van der Waals surface area (Å²) >= 11 is 0. The summed E-state index contributed by atoms with van der Waals surface area (Å²) in [6.07, 6.45) is 2.80. The zero-order valence-electron chi connectivity index (χ0n) is 12.6. The molecule has 2 heteroatoms. The predicted molar refractivity (Wildman–Crippen MR) is 80.6 cm³/mol. The maximum absolute atomic E-state index is 12.1. The van der Waals surface area contributed by atoms with Gasteiger partial charge < -0.3 is 4.90 Å². The summed E-state index contributed by atoms with van der Waals surface area (Å²) in [7, 11) is 2.09. The Bertz CT molecular complexity index is 464. The number of anilines is 1. The highest BCUT2D eigenvalue weighted by Crippen LogP contribution is 2.37. The van der Waals surface area contributed by atoms with Gasteiger partial charge in [-0.25, -0.2) is 0 Å². The quantitative estimate of drug-likeness (QED) is 0.822.